The molecule has 254 valence electrons. The zero-order valence-electron chi connectivity index (χ0n) is 29.4. The Morgan fingerprint density at radius 2 is 1.09 bits per heavy atom. The van der Waals surface area contributed by atoms with E-state index >= 15 is 0 Å². The van der Waals surface area contributed by atoms with Gasteiger partial charge in [-0.05, 0) is 83.4 Å². The van der Waals surface area contributed by atoms with Crippen LogP contribution in [0.4, 0.5) is 5.69 Å². The Bertz CT molecular complexity index is 3110. The van der Waals surface area contributed by atoms with Crippen LogP contribution >= 0.6 is 0 Å². The molecule has 5 heterocycles. The molecule has 0 radical (unpaired) electrons. The van der Waals surface area contributed by atoms with Crippen molar-refractivity contribution in [1.29, 1.82) is 0 Å². The van der Waals surface area contributed by atoms with Gasteiger partial charge in [0.1, 0.15) is 0 Å². The molecule has 0 bridgehead atoms. The molecule has 0 saturated heterocycles. The van der Waals surface area contributed by atoms with Crippen molar-refractivity contribution in [3.05, 3.63) is 194 Å². The quantitative estimate of drug-likeness (QED) is 0.180. The Kier molecular flexibility index (Phi) is 6.70. The van der Waals surface area contributed by atoms with Crippen molar-refractivity contribution in [3.63, 3.8) is 0 Å². The van der Waals surface area contributed by atoms with Crippen molar-refractivity contribution in [3.8, 4) is 33.6 Å². The lowest BCUT2D eigenvalue weighted by Crippen LogP contribution is -2.25. The van der Waals surface area contributed by atoms with E-state index in [9.17, 15) is 0 Å². The van der Waals surface area contributed by atoms with Crippen LogP contribution in [0.15, 0.2) is 183 Å². The Morgan fingerprint density at radius 3 is 1.89 bits per heavy atom. The molecule has 10 aromatic rings. The molecule has 0 aliphatic carbocycles. The number of benzene rings is 6. The van der Waals surface area contributed by atoms with E-state index in [1.165, 1.54) is 49.3 Å². The van der Waals surface area contributed by atoms with Crippen LogP contribution < -0.4 is 4.90 Å². The lowest BCUT2D eigenvalue weighted by Gasteiger charge is -2.34. The highest BCUT2D eigenvalue weighted by molar-refractivity contribution is 6.12. The molecule has 0 amide bonds. The molecular formula is C49H33N5. The van der Waals surface area contributed by atoms with Crippen molar-refractivity contribution in [2.24, 2.45) is 0 Å². The smallest absolute Gasteiger partial charge is 0.0724 e. The van der Waals surface area contributed by atoms with Gasteiger partial charge in [0.2, 0.25) is 0 Å². The van der Waals surface area contributed by atoms with E-state index in [1.807, 2.05) is 18.6 Å². The van der Waals surface area contributed by atoms with Gasteiger partial charge in [-0.15, -0.1) is 0 Å². The maximum Gasteiger partial charge on any atom is 0.0724 e. The van der Waals surface area contributed by atoms with Gasteiger partial charge in [0.15, 0.2) is 0 Å². The lowest BCUT2D eigenvalue weighted by molar-refractivity contribution is 0.925. The van der Waals surface area contributed by atoms with Crippen LogP contribution in [0.3, 0.4) is 0 Å². The minimum Gasteiger partial charge on any atom is -0.335 e. The number of aromatic nitrogens is 4. The Morgan fingerprint density at radius 1 is 0.463 bits per heavy atom. The lowest BCUT2D eigenvalue weighted by atomic mass is 9.91. The minimum absolute atomic E-state index is 0.610. The highest BCUT2D eigenvalue weighted by atomic mass is 15.2. The first kappa shape index (κ1) is 30.4. The number of rotatable bonds is 5. The summed E-state index contributed by atoms with van der Waals surface area (Å²) < 4.78 is 4.68. The zero-order chi connectivity index (χ0) is 35.8. The average Bonchev–Trinajstić information content (AvgIpc) is 3.75. The van der Waals surface area contributed by atoms with Gasteiger partial charge in [-0.3, -0.25) is 9.97 Å². The van der Waals surface area contributed by atoms with Crippen LogP contribution in [0.2, 0.25) is 0 Å². The summed E-state index contributed by atoms with van der Waals surface area (Å²) in [6.45, 7) is 5.16. The number of fused-ring (bicyclic) bond motifs is 9. The third-order valence-corrected chi connectivity index (χ3v) is 11.0. The second-order valence-corrected chi connectivity index (χ2v) is 14.0. The first-order valence-corrected chi connectivity index (χ1v) is 18.3. The summed E-state index contributed by atoms with van der Waals surface area (Å²) >= 11 is 0. The molecule has 11 rings (SSSR count). The predicted octanol–water partition coefficient (Wildman–Crippen LogP) is 12.0. The summed E-state index contributed by atoms with van der Waals surface area (Å²) in [4.78, 5) is 11.7. The fourth-order valence-electron chi connectivity index (χ4n) is 8.56. The molecule has 0 N–H and O–H groups in total. The van der Waals surface area contributed by atoms with E-state index in [0.29, 0.717) is 6.54 Å². The fraction of sp³-hybridized carbons (Fsp3) is 0.0204. The average molecular weight is 692 g/mol. The van der Waals surface area contributed by atoms with Gasteiger partial charge in [0.05, 0.1) is 40.5 Å². The van der Waals surface area contributed by atoms with Crippen molar-refractivity contribution in [2.75, 3.05) is 4.90 Å². The number of pyridine rings is 2. The third-order valence-electron chi connectivity index (χ3n) is 11.0. The molecule has 0 unspecified atom stereocenters. The predicted molar refractivity (Wildman–Crippen MR) is 223 cm³/mol. The summed E-state index contributed by atoms with van der Waals surface area (Å²) in [6, 6.07) is 56.5. The van der Waals surface area contributed by atoms with E-state index in [1.54, 1.807) is 0 Å². The molecule has 6 aromatic carbocycles. The van der Waals surface area contributed by atoms with Crippen LogP contribution in [0, 0.1) is 0 Å². The molecule has 1 aliphatic heterocycles. The standard InChI is InChI=1S/C49H33N5/c1-32-38-13-5-6-14-39(38)40-15-7-9-17-45(40)52(32)31-35-29-37(23-26-51-35)54-46-18-10-8-16-41(46)43-27-33(20-22-48(43)54)34-19-21-47-44(28-34)42-24-25-50-30-49(42)53(47)36-11-3-2-4-12-36/h2-30H,1,31H2. The van der Waals surface area contributed by atoms with Crippen molar-refractivity contribution in [2.45, 2.75) is 6.54 Å². The molecule has 0 spiro atoms. The first-order chi connectivity index (χ1) is 26.7. The Hall–Kier alpha value is -7.24. The van der Waals surface area contributed by atoms with Crippen LogP contribution in [-0.2, 0) is 6.54 Å². The van der Waals surface area contributed by atoms with Gasteiger partial charge in [0, 0.05) is 67.8 Å². The molecule has 1 aliphatic rings. The Balaban J connectivity index is 1.01. The summed E-state index contributed by atoms with van der Waals surface area (Å²) in [6.07, 6.45) is 5.78. The van der Waals surface area contributed by atoms with Crippen molar-refractivity contribution < 1.29 is 0 Å². The van der Waals surface area contributed by atoms with Crippen molar-refractivity contribution in [1.82, 2.24) is 19.1 Å². The molecule has 0 saturated carbocycles. The third kappa shape index (κ3) is 4.58. The number of hydrogen-bond donors (Lipinski definition) is 0. The molecule has 4 aromatic heterocycles. The zero-order valence-corrected chi connectivity index (χ0v) is 29.4. The molecule has 5 heteroatoms. The monoisotopic (exact) mass is 691 g/mol. The van der Waals surface area contributed by atoms with Gasteiger partial charge < -0.3 is 14.0 Å². The van der Waals surface area contributed by atoms with Crippen LogP contribution in [-0.4, -0.2) is 19.1 Å². The van der Waals surface area contributed by atoms with E-state index in [-0.39, 0.29) is 0 Å². The normalized spacial score (nSPS) is 12.5. The fourth-order valence-corrected chi connectivity index (χ4v) is 8.56. The van der Waals surface area contributed by atoms with Crippen LogP contribution in [0.1, 0.15) is 11.3 Å². The molecular weight excluding hydrogens is 659 g/mol. The van der Waals surface area contributed by atoms with Gasteiger partial charge in [-0.2, -0.15) is 0 Å². The largest absolute Gasteiger partial charge is 0.335 e. The maximum absolute atomic E-state index is 4.89. The molecule has 5 nitrogen and oxygen atoms in total. The van der Waals surface area contributed by atoms with Gasteiger partial charge in [-0.1, -0.05) is 97.6 Å². The van der Waals surface area contributed by atoms with E-state index in [2.05, 4.69) is 183 Å². The first-order valence-electron chi connectivity index (χ1n) is 18.3. The topological polar surface area (TPSA) is 38.9 Å². The van der Waals surface area contributed by atoms with Gasteiger partial charge >= 0.3 is 0 Å². The molecule has 0 fully saturated rings. The SMILES string of the molecule is C=C1c2ccccc2-c2ccccc2N1Cc1cc(-n2c3ccccc3c3cc(-c4ccc5c(c4)c4ccncc4n5-c4ccccc4)ccc32)ccn1. The van der Waals surface area contributed by atoms with Crippen molar-refractivity contribution >= 4 is 55.0 Å². The maximum atomic E-state index is 4.89. The van der Waals surface area contributed by atoms with E-state index < -0.39 is 0 Å². The second kappa shape index (κ2) is 11.9. The van der Waals surface area contributed by atoms with E-state index in [4.69, 9.17) is 4.98 Å². The minimum atomic E-state index is 0.610. The summed E-state index contributed by atoms with van der Waals surface area (Å²) in [7, 11) is 0. The van der Waals surface area contributed by atoms with Crippen LogP contribution in [0.5, 0.6) is 0 Å². The number of anilines is 1. The van der Waals surface area contributed by atoms with E-state index in [0.717, 1.165) is 50.6 Å². The number of para-hydroxylation sites is 3. The van der Waals surface area contributed by atoms with Gasteiger partial charge in [0.25, 0.3) is 0 Å². The summed E-state index contributed by atoms with van der Waals surface area (Å²) in [5.41, 5.74) is 15.9. The second-order valence-electron chi connectivity index (χ2n) is 14.0. The molecule has 0 atom stereocenters. The molecule has 54 heavy (non-hydrogen) atoms. The highest BCUT2D eigenvalue weighted by Gasteiger charge is 2.25. The van der Waals surface area contributed by atoms with Gasteiger partial charge in [-0.25, -0.2) is 0 Å². The number of hydrogen-bond acceptors (Lipinski definition) is 3. The Labute approximate surface area is 312 Å². The summed E-state index contributed by atoms with van der Waals surface area (Å²) in [5, 5.41) is 4.84. The number of nitrogens with zero attached hydrogens (tertiary/aromatic N) is 5. The summed E-state index contributed by atoms with van der Waals surface area (Å²) in [5.74, 6) is 0. The van der Waals surface area contributed by atoms with Crippen LogP contribution in [0.25, 0.3) is 82.9 Å². The highest BCUT2D eigenvalue weighted by Crippen LogP contribution is 2.44.